The van der Waals surface area contributed by atoms with Gasteiger partial charge in [0.1, 0.15) is 19.3 Å². The zero-order chi connectivity index (χ0) is 14.1. The van der Waals surface area contributed by atoms with Gasteiger partial charge >= 0.3 is 5.97 Å². The van der Waals surface area contributed by atoms with Crippen molar-refractivity contribution in [2.75, 3.05) is 13.2 Å². The van der Waals surface area contributed by atoms with Crippen LogP contribution in [-0.4, -0.2) is 36.2 Å². The molecule has 1 atom stereocenters. The lowest BCUT2D eigenvalue weighted by Gasteiger charge is -2.19. The lowest BCUT2D eigenvalue weighted by Crippen LogP contribution is -2.42. The Bertz CT molecular complexity index is 552. The van der Waals surface area contributed by atoms with Crippen LogP contribution < -0.4 is 14.8 Å². The molecule has 0 spiro atoms. The molecule has 1 aliphatic heterocycles. The van der Waals surface area contributed by atoms with Crippen LogP contribution in [0.5, 0.6) is 11.5 Å². The zero-order valence-electron chi connectivity index (χ0n) is 10.8. The Morgan fingerprint density at radius 2 is 1.90 bits per heavy atom. The Morgan fingerprint density at radius 1 is 1.20 bits per heavy atom. The number of rotatable bonds is 4. The van der Waals surface area contributed by atoms with Gasteiger partial charge in [-0.15, -0.1) is 0 Å². The first-order chi connectivity index (χ1) is 9.65. The van der Waals surface area contributed by atoms with E-state index in [2.05, 4.69) is 5.32 Å². The van der Waals surface area contributed by atoms with Crippen molar-refractivity contribution in [2.45, 2.75) is 18.9 Å². The normalized spacial score (nSPS) is 18.2. The number of hydrogen-bond donors (Lipinski definition) is 2. The fourth-order valence-electron chi connectivity index (χ4n) is 2.22. The van der Waals surface area contributed by atoms with Gasteiger partial charge in [-0.05, 0) is 37.0 Å². The molecule has 1 heterocycles. The summed E-state index contributed by atoms with van der Waals surface area (Å²) in [6.07, 6.45) is 1.69. The number of ether oxygens (including phenoxy) is 2. The van der Waals surface area contributed by atoms with Crippen LogP contribution in [0.3, 0.4) is 0 Å². The van der Waals surface area contributed by atoms with Crippen LogP contribution >= 0.6 is 0 Å². The molecule has 6 heteroatoms. The average Bonchev–Trinajstić information content (AvgIpc) is 3.28. The fraction of sp³-hybridized carbons (Fsp3) is 0.429. The fourth-order valence-corrected chi connectivity index (χ4v) is 2.22. The van der Waals surface area contributed by atoms with E-state index in [4.69, 9.17) is 14.6 Å². The van der Waals surface area contributed by atoms with E-state index in [1.54, 1.807) is 18.2 Å². The molecule has 2 N–H and O–H groups in total. The van der Waals surface area contributed by atoms with Crippen molar-refractivity contribution in [2.24, 2.45) is 5.92 Å². The van der Waals surface area contributed by atoms with E-state index >= 15 is 0 Å². The SMILES string of the molecule is O=C(NC(C(=O)O)C1CC1)c1ccc2c(c1)OCCO2. The number of amides is 1. The van der Waals surface area contributed by atoms with Crippen LogP contribution in [0.2, 0.25) is 0 Å². The van der Waals surface area contributed by atoms with Gasteiger partial charge in [0.15, 0.2) is 11.5 Å². The van der Waals surface area contributed by atoms with Crippen LogP contribution in [0.1, 0.15) is 23.2 Å². The first-order valence-electron chi connectivity index (χ1n) is 6.58. The van der Waals surface area contributed by atoms with Gasteiger partial charge in [-0.25, -0.2) is 4.79 Å². The van der Waals surface area contributed by atoms with E-state index in [0.717, 1.165) is 12.8 Å². The standard InChI is InChI=1S/C14H15NO5/c16-13(15-12(14(17)18)8-1-2-8)9-3-4-10-11(7-9)20-6-5-19-10/h3-4,7-8,12H,1-2,5-6H2,(H,15,16)(H,17,18). The summed E-state index contributed by atoms with van der Waals surface area (Å²) in [6.45, 7) is 0.930. The van der Waals surface area contributed by atoms with Crippen molar-refractivity contribution in [3.05, 3.63) is 23.8 Å². The zero-order valence-corrected chi connectivity index (χ0v) is 10.8. The third kappa shape index (κ3) is 2.54. The summed E-state index contributed by atoms with van der Waals surface area (Å²) in [5.41, 5.74) is 0.376. The summed E-state index contributed by atoms with van der Waals surface area (Å²) in [5, 5.41) is 11.7. The lowest BCUT2D eigenvalue weighted by atomic mass is 10.1. The highest BCUT2D eigenvalue weighted by Gasteiger charge is 2.37. The summed E-state index contributed by atoms with van der Waals surface area (Å²) in [6, 6.07) is 4.04. The summed E-state index contributed by atoms with van der Waals surface area (Å²) >= 11 is 0. The van der Waals surface area contributed by atoms with Gasteiger partial charge < -0.3 is 19.9 Å². The topological polar surface area (TPSA) is 84.9 Å². The van der Waals surface area contributed by atoms with Gasteiger partial charge in [-0.2, -0.15) is 0 Å². The summed E-state index contributed by atoms with van der Waals surface area (Å²) in [5.74, 6) is -0.222. The Morgan fingerprint density at radius 3 is 2.55 bits per heavy atom. The maximum absolute atomic E-state index is 12.1. The van der Waals surface area contributed by atoms with Crippen molar-refractivity contribution in [3.8, 4) is 11.5 Å². The molecule has 6 nitrogen and oxygen atoms in total. The average molecular weight is 277 g/mol. The van der Waals surface area contributed by atoms with Crippen LogP contribution in [0, 0.1) is 5.92 Å². The minimum Gasteiger partial charge on any atom is -0.486 e. The molecule has 106 valence electrons. The second kappa shape index (κ2) is 5.03. The van der Waals surface area contributed by atoms with E-state index in [9.17, 15) is 9.59 Å². The number of carboxylic acid groups (broad SMARTS) is 1. The van der Waals surface area contributed by atoms with Gasteiger partial charge in [0.05, 0.1) is 0 Å². The van der Waals surface area contributed by atoms with Crippen molar-refractivity contribution >= 4 is 11.9 Å². The number of benzene rings is 1. The number of aliphatic carboxylic acids is 1. The van der Waals surface area contributed by atoms with Crippen LogP contribution in [0.4, 0.5) is 0 Å². The van der Waals surface area contributed by atoms with Gasteiger partial charge in [-0.3, -0.25) is 4.79 Å². The van der Waals surface area contributed by atoms with E-state index in [-0.39, 0.29) is 5.92 Å². The number of fused-ring (bicyclic) bond motifs is 1. The summed E-state index contributed by atoms with van der Waals surface area (Å²) < 4.78 is 10.8. The molecule has 1 aromatic rings. The van der Waals surface area contributed by atoms with Gasteiger partial charge in [0.25, 0.3) is 5.91 Å². The predicted molar refractivity (Wildman–Crippen MR) is 69.0 cm³/mol. The van der Waals surface area contributed by atoms with Gasteiger partial charge in [-0.1, -0.05) is 0 Å². The van der Waals surface area contributed by atoms with Gasteiger partial charge in [0.2, 0.25) is 0 Å². The Kier molecular flexibility index (Phi) is 3.22. The van der Waals surface area contributed by atoms with Crippen molar-refractivity contribution in [1.29, 1.82) is 0 Å². The molecule has 0 radical (unpaired) electrons. The molecular weight excluding hydrogens is 262 g/mol. The van der Waals surface area contributed by atoms with Crippen LogP contribution in [0.15, 0.2) is 18.2 Å². The Hall–Kier alpha value is -2.24. The van der Waals surface area contributed by atoms with E-state index in [1.807, 2.05) is 0 Å². The molecule has 1 aliphatic carbocycles. The molecule has 2 aliphatic rings. The van der Waals surface area contributed by atoms with Crippen molar-refractivity contribution < 1.29 is 24.2 Å². The summed E-state index contributed by atoms with van der Waals surface area (Å²) in [4.78, 5) is 23.2. The molecule has 20 heavy (non-hydrogen) atoms. The van der Waals surface area contributed by atoms with Crippen molar-refractivity contribution in [3.63, 3.8) is 0 Å². The van der Waals surface area contributed by atoms with Crippen molar-refractivity contribution in [1.82, 2.24) is 5.32 Å². The summed E-state index contributed by atoms with van der Waals surface area (Å²) in [7, 11) is 0. The van der Waals surface area contributed by atoms with E-state index < -0.39 is 17.9 Å². The lowest BCUT2D eigenvalue weighted by molar-refractivity contribution is -0.139. The predicted octanol–water partition coefficient (Wildman–Crippen LogP) is 1.05. The number of nitrogens with one attached hydrogen (secondary N) is 1. The molecule has 1 aromatic carbocycles. The molecule has 1 amide bonds. The third-order valence-corrected chi connectivity index (χ3v) is 3.45. The van der Waals surface area contributed by atoms with E-state index in [0.29, 0.717) is 30.3 Å². The molecule has 0 bridgehead atoms. The third-order valence-electron chi connectivity index (χ3n) is 3.45. The highest BCUT2D eigenvalue weighted by atomic mass is 16.6. The van der Waals surface area contributed by atoms with E-state index in [1.165, 1.54) is 0 Å². The van der Waals surface area contributed by atoms with Crippen LogP contribution in [-0.2, 0) is 4.79 Å². The maximum Gasteiger partial charge on any atom is 0.326 e. The molecule has 1 fully saturated rings. The Labute approximate surface area is 115 Å². The molecular formula is C14H15NO5. The smallest absolute Gasteiger partial charge is 0.326 e. The molecule has 3 rings (SSSR count). The highest BCUT2D eigenvalue weighted by molar-refractivity contribution is 5.97. The monoisotopic (exact) mass is 277 g/mol. The second-order valence-corrected chi connectivity index (χ2v) is 4.99. The number of carbonyl (C=O) groups is 2. The number of carboxylic acids is 1. The quantitative estimate of drug-likeness (QED) is 0.859. The number of carbonyl (C=O) groups excluding carboxylic acids is 1. The molecule has 0 aromatic heterocycles. The largest absolute Gasteiger partial charge is 0.486 e. The van der Waals surface area contributed by atoms with Crippen LogP contribution in [0.25, 0.3) is 0 Å². The number of hydrogen-bond acceptors (Lipinski definition) is 4. The molecule has 0 saturated heterocycles. The highest BCUT2D eigenvalue weighted by Crippen LogP contribution is 2.33. The minimum atomic E-state index is -0.988. The minimum absolute atomic E-state index is 0.0497. The van der Waals surface area contributed by atoms with Gasteiger partial charge in [0, 0.05) is 5.56 Å². The second-order valence-electron chi connectivity index (χ2n) is 4.99. The molecule has 1 saturated carbocycles. The first-order valence-corrected chi connectivity index (χ1v) is 6.58. The first kappa shape index (κ1) is 12.8. The Balaban J connectivity index is 1.74. The maximum atomic E-state index is 12.1. The molecule has 1 unspecified atom stereocenters.